The van der Waals surface area contributed by atoms with Crippen molar-refractivity contribution in [3.8, 4) is 0 Å². The van der Waals surface area contributed by atoms with Crippen LogP contribution in [0.2, 0.25) is 0 Å². The van der Waals surface area contributed by atoms with E-state index in [1.165, 1.54) is 64.6 Å². The summed E-state index contributed by atoms with van der Waals surface area (Å²) in [6, 6.07) is 1.58. The minimum absolute atomic E-state index is 0.757. The molecule has 3 fully saturated rings. The normalized spacial score (nSPS) is 40.4. The Morgan fingerprint density at radius 3 is 2.59 bits per heavy atom. The molecule has 98 valence electrons. The monoisotopic (exact) mass is 236 g/mol. The maximum absolute atomic E-state index is 3.99. The molecule has 1 N–H and O–H groups in total. The first-order chi connectivity index (χ1) is 8.33. The Labute approximate surface area is 106 Å². The van der Waals surface area contributed by atoms with Crippen LogP contribution in [0, 0.1) is 11.8 Å². The van der Waals surface area contributed by atoms with Crippen LogP contribution in [0.25, 0.3) is 0 Å². The molecular formula is C15H28N2. The van der Waals surface area contributed by atoms with Crippen LogP contribution in [0.1, 0.15) is 51.9 Å². The van der Waals surface area contributed by atoms with Crippen molar-refractivity contribution >= 4 is 0 Å². The molecule has 4 atom stereocenters. The highest BCUT2D eigenvalue weighted by Crippen LogP contribution is 2.30. The van der Waals surface area contributed by atoms with E-state index in [-0.39, 0.29) is 0 Å². The summed E-state index contributed by atoms with van der Waals surface area (Å²) in [5.74, 6) is 1.91. The highest BCUT2D eigenvalue weighted by molar-refractivity contribution is 4.92. The molecule has 1 saturated carbocycles. The van der Waals surface area contributed by atoms with E-state index in [0.717, 1.165) is 23.9 Å². The van der Waals surface area contributed by atoms with Crippen LogP contribution in [0.5, 0.6) is 0 Å². The Morgan fingerprint density at radius 1 is 1.00 bits per heavy atom. The molecule has 3 aliphatic rings. The van der Waals surface area contributed by atoms with Crippen molar-refractivity contribution in [2.24, 2.45) is 11.8 Å². The Morgan fingerprint density at radius 2 is 1.76 bits per heavy atom. The number of nitrogens with zero attached hydrogens (tertiary/aromatic N) is 1. The molecule has 2 heterocycles. The van der Waals surface area contributed by atoms with Gasteiger partial charge < -0.3 is 10.2 Å². The number of nitrogens with one attached hydrogen (secondary N) is 1. The molecule has 0 spiro atoms. The summed E-state index contributed by atoms with van der Waals surface area (Å²) >= 11 is 0. The quantitative estimate of drug-likeness (QED) is 0.810. The number of piperidine rings is 1. The molecule has 0 aromatic heterocycles. The smallest absolute Gasteiger partial charge is 0.0123 e. The van der Waals surface area contributed by atoms with Gasteiger partial charge in [0, 0.05) is 18.6 Å². The van der Waals surface area contributed by atoms with Crippen molar-refractivity contribution in [3.05, 3.63) is 0 Å². The minimum Gasteiger partial charge on any atom is -0.311 e. The van der Waals surface area contributed by atoms with Crippen molar-refractivity contribution in [1.82, 2.24) is 10.2 Å². The van der Waals surface area contributed by atoms with Crippen LogP contribution < -0.4 is 5.32 Å². The summed E-state index contributed by atoms with van der Waals surface area (Å²) in [5, 5.41) is 3.99. The van der Waals surface area contributed by atoms with E-state index in [0.29, 0.717) is 0 Å². The Hall–Kier alpha value is -0.0800. The van der Waals surface area contributed by atoms with E-state index in [1.54, 1.807) is 0 Å². The third kappa shape index (κ3) is 2.68. The highest BCUT2D eigenvalue weighted by atomic mass is 15.2. The third-order valence-corrected chi connectivity index (χ3v) is 5.47. The summed E-state index contributed by atoms with van der Waals surface area (Å²) in [4.78, 5) is 2.65. The first-order valence-corrected chi connectivity index (χ1v) is 7.81. The molecule has 2 heteroatoms. The predicted molar refractivity (Wildman–Crippen MR) is 72.1 cm³/mol. The van der Waals surface area contributed by atoms with Crippen LogP contribution in [-0.4, -0.2) is 36.6 Å². The topological polar surface area (TPSA) is 15.3 Å². The largest absolute Gasteiger partial charge is 0.311 e. The zero-order valence-electron chi connectivity index (χ0n) is 11.3. The van der Waals surface area contributed by atoms with Gasteiger partial charge in [-0.3, -0.25) is 0 Å². The number of hydrogen-bond acceptors (Lipinski definition) is 2. The zero-order chi connectivity index (χ0) is 11.7. The zero-order valence-corrected chi connectivity index (χ0v) is 11.3. The summed E-state index contributed by atoms with van der Waals surface area (Å²) in [6.07, 6.45) is 10.2. The lowest BCUT2D eigenvalue weighted by Gasteiger charge is -2.36. The number of fused-ring (bicyclic) bond motifs is 2. The molecule has 0 radical (unpaired) electrons. The molecule has 0 aromatic rings. The molecule has 2 aliphatic heterocycles. The van der Waals surface area contributed by atoms with E-state index < -0.39 is 0 Å². The van der Waals surface area contributed by atoms with E-state index in [2.05, 4.69) is 17.1 Å². The summed E-state index contributed by atoms with van der Waals surface area (Å²) in [5.41, 5.74) is 0. The summed E-state index contributed by atoms with van der Waals surface area (Å²) < 4.78 is 0. The van der Waals surface area contributed by atoms with Crippen LogP contribution in [0.4, 0.5) is 0 Å². The van der Waals surface area contributed by atoms with Crippen molar-refractivity contribution in [1.29, 1.82) is 0 Å². The van der Waals surface area contributed by atoms with Gasteiger partial charge in [0.2, 0.25) is 0 Å². The second-order valence-corrected chi connectivity index (χ2v) is 6.60. The van der Waals surface area contributed by atoms with Crippen LogP contribution in [0.3, 0.4) is 0 Å². The van der Waals surface area contributed by atoms with Gasteiger partial charge in [0.15, 0.2) is 0 Å². The molecular weight excluding hydrogens is 208 g/mol. The molecule has 3 unspecified atom stereocenters. The second-order valence-electron chi connectivity index (χ2n) is 6.60. The molecule has 2 nitrogen and oxygen atoms in total. The standard InChI is InChI=1S/C15H28N2/c1-12(13-5-3-2-4-6-13)16-15-8-10-17-9-7-14(15)11-17/h12-16H,2-11H2,1H3/t12-,14?,15?/m1/s1. The average molecular weight is 236 g/mol. The molecule has 0 amide bonds. The first-order valence-electron chi connectivity index (χ1n) is 7.81. The Balaban J connectivity index is 1.51. The van der Waals surface area contributed by atoms with Crippen LogP contribution >= 0.6 is 0 Å². The van der Waals surface area contributed by atoms with E-state index >= 15 is 0 Å². The minimum atomic E-state index is 0.757. The fourth-order valence-electron chi connectivity index (χ4n) is 4.28. The second kappa shape index (κ2) is 5.27. The van der Waals surface area contributed by atoms with Gasteiger partial charge in [0.05, 0.1) is 0 Å². The molecule has 1 aliphatic carbocycles. The lowest BCUT2D eigenvalue weighted by Crippen LogP contribution is -2.49. The van der Waals surface area contributed by atoms with Crippen molar-refractivity contribution in [2.45, 2.75) is 64.0 Å². The average Bonchev–Trinajstić information content (AvgIpc) is 2.77. The van der Waals surface area contributed by atoms with Crippen molar-refractivity contribution in [3.63, 3.8) is 0 Å². The molecule has 2 bridgehead atoms. The van der Waals surface area contributed by atoms with Crippen LogP contribution in [0.15, 0.2) is 0 Å². The van der Waals surface area contributed by atoms with Crippen molar-refractivity contribution in [2.75, 3.05) is 19.6 Å². The van der Waals surface area contributed by atoms with Gasteiger partial charge >= 0.3 is 0 Å². The lowest BCUT2D eigenvalue weighted by molar-refractivity contribution is 0.185. The van der Waals surface area contributed by atoms with Crippen molar-refractivity contribution < 1.29 is 0 Å². The fourth-order valence-corrected chi connectivity index (χ4v) is 4.28. The first kappa shape index (κ1) is 12.0. The molecule has 3 rings (SSSR count). The summed E-state index contributed by atoms with van der Waals surface area (Å²) in [7, 11) is 0. The fraction of sp³-hybridized carbons (Fsp3) is 1.00. The number of rotatable bonds is 3. The van der Waals surface area contributed by atoms with E-state index in [9.17, 15) is 0 Å². The van der Waals surface area contributed by atoms with Gasteiger partial charge in [-0.25, -0.2) is 0 Å². The number of hydrogen-bond donors (Lipinski definition) is 1. The lowest BCUT2D eigenvalue weighted by atomic mass is 9.83. The van der Waals surface area contributed by atoms with Gasteiger partial charge in [-0.1, -0.05) is 19.3 Å². The van der Waals surface area contributed by atoms with Gasteiger partial charge in [-0.2, -0.15) is 0 Å². The van der Waals surface area contributed by atoms with Gasteiger partial charge in [-0.15, -0.1) is 0 Å². The van der Waals surface area contributed by atoms with Gasteiger partial charge in [-0.05, 0) is 57.5 Å². The predicted octanol–water partition coefficient (Wildman–Crippen LogP) is 2.64. The molecule has 0 aromatic carbocycles. The SMILES string of the molecule is C[C@@H](NC1CCN2CCC1C2)C1CCCCC1. The Kier molecular flexibility index (Phi) is 3.72. The van der Waals surface area contributed by atoms with Crippen LogP contribution in [-0.2, 0) is 0 Å². The molecule has 2 saturated heterocycles. The molecule has 17 heavy (non-hydrogen) atoms. The third-order valence-electron chi connectivity index (χ3n) is 5.47. The maximum atomic E-state index is 3.99. The van der Waals surface area contributed by atoms with Gasteiger partial charge in [0.1, 0.15) is 0 Å². The summed E-state index contributed by atoms with van der Waals surface area (Å²) in [6.45, 7) is 6.51. The van der Waals surface area contributed by atoms with E-state index in [4.69, 9.17) is 0 Å². The highest BCUT2D eigenvalue weighted by Gasteiger charge is 2.35. The van der Waals surface area contributed by atoms with E-state index in [1.807, 2.05) is 0 Å². The van der Waals surface area contributed by atoms with Gasteiger partial charge in [0.25, 0.3) is 0 Å². The Bertz CT molecular complexity index is 247. The maximum Gasteiger partial charge on any atom is 0.0123 e.